The number of hydrogen-bond acceptors (Lipinski definition) is 4. The molecule has 0 radical (unpaired) electrons. The van der Waals surface area contributed by atoms with Crippen molar-refractivity contribution in [3.05, 3.63) is 0 Å². The van der Waals surface area contributed by atoms with Crippen molar-refractivity contribution in [2.75, 3.05) is 46.1 Å². The Kier molecular flexibility index (Phi) is 4.72. The van der Waals surface area contributed by atoms with E-state index in [1.807, 2.05) is 0 Å². The van der Waals surface area contributed by atoms with E-state index in [0.717, 1.165) is 45.0 Å². The molecule has 1 spiro atoms. The minimum Gasteiger partial charge on any atom is -0.381 e. The van der Waals surface area contributed by atoms with Gasteiger partial charge in [0.25, 0.3) is 0 Å². The summed E-state index contributed by atoms with van der Waals surface area (Å²) in [5.74, 6) is 0.859. The normalized spacial score (nSPS) is 33.5. The molecule has 1 aliphatic carbocycles. The van der Waals surface area contributed by atoms with E-state index in [4.69, 9.17) is 14.2 Å². The SMILES string of the molecule is C1CC(N2CCC3(CC2)COC(COCC2CC2)C3)CCO1. The third-order valence-electron chi connectivity index (χ3n) is 6.21. The summed E-state index contributed by atoms with van der Waals surface area (Å²) in [6, 6.07) is 0.770. The maximum Gasteiger partial charge on any atom is 0.0814 e. The Morgan fingerprint density at radius 3 is 2.50 bits per heavy atom. The summed E-state index contributed by atoms with van der Waals surface area (Å²) in [5.41, 5.74) is 0.454. The van der Waals surface area contributed by atoms with Crippen LogP contribution in [0.3, 0.4) is 0 Å². The highest BCUT2D eigenvalue weighted by Crippen LogP contribution is 2.43. The van der Waals surface area contributed by atoms with E-state index < -0.39 is 0 Å². The fraction of sp³-hybridized carbons (Fsp3) is 1.00. The van der Waals surface area contributed by atoms with Gasteiger partial charge in [-0.1, -0.05) is 0 Å². The number of nitrogens with zero attached hydrogens (tertiary/aromatic N) is 1. The van der Waals surface area contributed by atoms with E-state index in [9.17, 15) is 0 Å². The van der Waals surface area contributed by atoms with Crippen molar-refractivity contribution in [1.29, 1.82) is 0 Å². The Labute approximate surface area is 134 Å². The Bertz CT molecular complexity index is 357. The zero-order valence-electron chi connectivity index (χ0n) is 13.8. The number of likely N-dealkylation sites (tertiary alicyclic amines) is 1. The van der Waals surface area contributed by atoms with Crippen LogP contribution in [-0.4, -0.2) is 63.2 Å². The first kappa shape index (κ1) is 15.4. The average Bonchev–Trinajstić information content (AvgIpc) is 3.31. The Morgan fingerprint density at radius 1 is 1.00 bits per heavy atom. The van der Waals surface area contributed by atoms with Crippen molar-refractivity contribution in [1.82, 2.24) is 4.90 Å². The highest BCUT2D eigenvalue weighted by Gasteiger charge is 2.43. The van der Waals surface area contributed by atoms with Crippen LogP contribution in [-0.2, 0) is 14.2 Å². The zero-order chi connectivity index (χ0) is 14.8. The summed E-state index contributed by atoms with van der Waals surface area (Å²) in [6.45, 7) is 7.16. The van der Waals surface area contributed by atoms with Crippen molar-refractivity contribution < 1.29 is 14.2 Å². The van der Waals surface area contributed by atoms with Gasteiger partial charge in [-0.25, -0.2) is 0 Å². The summed E-state index contributed by atoms with van der Waals surface area (Å²) in [4.78, 5) is 2.71. The van der Waals surface area contributed by atoms with Crippen LogP contribution in [0.15, 0.2) is 0 Å². The van der Waals surface area contributed by atoms with Crippen molar-refractivity contribution in [2.45, 2.75) is 57.1 Å². The van der Waals surface area contributed by atoms with Crippen LogP contribution in [0.4, 0.5) is 0 Å². The predicted molar refractivity (Wildman–Crippen MR) is 85.0 cm³/mol. The summed E-state index contributed by atoms with van der Waals surface area (Å²) >= 11 is 0. The van der Waals surface area contributed by atoms with E-state index >= 15 is 0 Å². The zero-order valence-corrected chi connectivity index (χ0v) is 13.8. The molecule has 0 aromatic rings. The Morgan fingerprint density at radius 2 is 1.77 bits per heavy atom. The molecule has 4 fully saturated rings. The molecular weight excluding hydrogens is 278 g/mol. The van der Waals surface area contributed by atoms with Gasteiger partial charge < -0.3 is 19.1 Å². The standard InChI is InChI=1S/C18H31NO3/c1-2-15(1)12-21-13-17-11-18(14-22-17)5-7-19(8-6-18)16-3-9-20-10-4-16/h15-17H,1-14H2. The first-order valence-corrected chi connectivity index (χ1v) is 9.34. The van der Waals surface area contributed by atoms with Crippen molar-refractivity contribution in [2.24, 2.45) is 11.3 Å². The van der Waals surface area contributed by atoms with Gasteiger partial charge >= 0.3 is 0 Å². The molecule has 0 N–H and O–H groups in total. The second-order valence-electron chi connectivity index (χ2n) is 8.00. The van der Waals surface area contributed by atoms with E-state index in [1.54, 1.807) is 0 Å². The highest BCUT2D eigenvalue weighted by atomic mass is 16.5. The fourth-order valence-electron chi connectivity index (χ4n) is 4.42. The smallest absolute Gasteiger partial charge is 0.0814 e. The molecule has 0 aromatic carbocycles. The molecule has 4 aliphatic rings. The van der Waals surface area contributed by atoms with Crippen LogP contribution in [0.1, 0.15) is 44.9 Å². The van der Waals surface area contributed by atoms with E-state index in [2.05, 4.69) is 4.90 Å². The van der Waals surface area contributed by atoms with Gasteiger partial charge in [-0.3, -0.25) is 0 Å². The van der Waals surface area contributed by atoms with Gasteiger partial charge in [0.2, 0.25) is 0 Å². The van der Waals surface area contributed by atoms with Gasteiger partial charge in [-0.05, 0) is 69.4 Å². The van der Waals surface area contributed by atoms with Crippen LogP contribution in [0.25, 0.3) is 0 Å². The molecule has 4 nitrogen and oxygen atoms in total. The monoisotopic (exact) mass is 309 g/mol. The van der Waals surface area contributed by atoms with Crippen LogP contribution in [0, 0.1) is 11.3 Å². The number of rotatable bonds is 5. The number of ether oxygens (including phenoxy) is 3. The lowest BCUT2D eigenvalue weighted by Gasteiger charge is -2.43. The minimum absolute atomic E-state index is 0.355. The summed E-state index contributed by atoms with van der Waals surface area (Å²) in [5, 5.41) is 0. The molecule has 3 heterocycles. The van der Waals surface area contributed by atoms with Gasteiger partial charge in [0.15, 0.2) is 0 Å². The Balaban J connectivity index is 1.20. The number of piperidine rings is 1. The maximum absolute atomic E-state index is 6.07. The molecular formula is C18H31NO3. The molecule has 22 heavy (non-hydrogen) atoms. The van der Waals surface area contributed by atoms with E-state index in [1.165, 1.54) is 58.0 Å². The molecule has 1 unspecified atom stereocenters. The second kappa shape index (κ2) is 6.76. The van der Waals surface area contributed by atoms with Crippen LogP contribution < -0.4 is 0 Å². The van der Waals surface area contributed by atoms with Gasteiger partial charge in [0, 0.05) is 25.9 Å². The molecule has 0 aromatic heterocycles. The molecule has 3 saturated heterocycles. The molecule has 4 heteroatoms. The number of hydrogen-bond donors (Lipinski definition) is 0. The topological polar surface area (TPSA) is 30.9 Å². The molecule has 0 bridgehead atoms. The van der Waals surface area contributed by atoms with E-state index in [0.29, 0.717) is 11.5 Å². The predicted octanol–water partition coefficient (Wildman–Crippen LogP) is 2.46. The lowest BCUT2D eigenvalue weighted by Crippen LogP contribution is -2.47. The van der Waals surface area contributed by atoms with Crippen LogP contribution in [0.2, 0.25) is 0 Å². The van der Waals surface area contributed by atoms with Crippen molar-refractivity contribution in [3.63, 3.8) is 0 Å². The van der Waals surface area contributed by atoms with Crippen LogP contribution in [0.5, 0.6) is 0 Å². The Hall–Kier alpha value is -0.160. The minimum atomic E-state index is 0.355. The summed E-state index contributed by atoms with van der Waals surface area (Å²) < 4.78 is 17.4. The first-order chi connectivity index (χ1) is 10.8. The van der Waals surface area contributed by atoms with E-state index in [-0.39, 0.29) is 0 Å². The van der Waals surface area contributed by atoms with Crippen molar-refractivity contribution in [3.8, 4) is 0 Å². The first-order valence-electron chi connectivity index (χ1n) is 9.34. The maximum atomic E-state index is 6.07. The third-order valence-corrected chi connectivity index (χ3v) is 6.21. The summed E-state index contributed by atoms with van der Waals surface area (Å²) in [6.07, 6.45) is 9.39. The lowest BCUT2D eigenvalue weighted by atomic mass is 9.76. The molecule has 1 saturated carbocycles. The average molecular weight is 309 g/mol. The quantitative estimate of drug-likeness (QED) is 0.780. The molecule has 126 valence electrons. The van der Waals surface area contributed by atoms with Gasteiger partial charge in [-0.2, -0.15) is 0 Å². The highest BCUT2D eigenvalue weighted by molar-refractivity contribution is 4.94. The van der Waals surface area contributed by atoms with Gasteiger partial charge in [-0.15, -0.1) is 0 Å². The third kappa shape index (κ3) is 3.66. The van der Waals surface area contributed by atoms with Gasteiger partial charge in [0.1, 0.15) is 0 Å². The molecule has 3 aliphatic heterocycles. The lowest BCUT2D eigenvalue weighted by molar-refractivity contribution is -0.00278. The van der Waals surface area contributed by atoms with Crippen molar-refractivity contribution >= 4 is 0 Å². The molecule has 4 rings (SSSR count). The fourth-order valence-corrected chi connectivity index (χ4v) is 4.42. The molecule has 1 atom stereocenters. The van der Waals surface area contributed by atoms with Gasteiger partial charge in [0.05, 0.1) is 19.3 Å². The second-order valence-corrected chi connectivity index (χ2v) is 8.00. The van der Waals surface area contributed by atoms with Crippen LogP contribution >= 0.6 is 0 Å². The largest absolute Gasteiger partial charge is 0.381 e. The summed E-state index contributed by atoms with van der Waals surface area (Å²) in [7, 11) is 0. The molecule has 0 amide bonds.